The van der Waals surface area contributed by atoms with Gasteiger partial charge in [0.25, 0.3) is 5.91 Å². The third-order valence-electron chi connectivity index (χ3n) is 3.18. The predicted molar refractivity (Wildman–Crippen MR) is 82.8 cm³/mol. The number of hydrogen-bond acceptors (Lipinski definition) is 3. The molecule has 2 rings (SSSR count). The molecule has 1 fully saturated rings. The van der Waals surface area contributed by atoms with Gasteiger partial charge in [0.2, 0.25) is 0 Å². The van der Waals surface area contributed by atoms with Crippen molar-refractivity contribution in [1.29, 1.82) is 0 Å². The molecule has 1 aliphatic heterocycles. The number of ether oxygens (including phenoxy) is 1. The minimum absolute atomic E-state index is 0. The van der Waals surface area contributed by atoms with E-state index in [1.165, 1.54) is 0 Å². The average molecular weight is 319 g/mol. The van der Waals surface area contributed by atoms with Gasteiger partial charge in [0.05, 0.1) is 5.02 Å². The third kappa shape index (κ3) is 5.19. The molecule has 1 aromatic carbocycles. The molecule has 4 nitrogen and oxygen atoms in total. The van der Waals surface area contributed by atoms with Gasteiger partial charge in [-0.05, 0) is 38.4 Å². The van der Waals surface area contributed by atoms with Crippen molar-refractivity contribution in [2.75, 3.05) is 13.2 Å². The van der Waals surface area contributed by atoms with Crippen LogP contribution in [0.15, 0.2) is 24.3 Å². The summed E-state index contributed by atoms with van der Waals surface area (Å²) in [6.45, 7) is 3.07. The molecule has 0 aromatic heterocycles. The van der Waals surface area contributed by atoms with E-state index in [2.05, 4.69) is 17.6 Å². The fraction of sp³-hybridized carbons (Fsp3) is 0.500. The van der Waals surface area contributed by atoms with E-state index in [0.29, 0.717) is 16.8 Å². The standard InChI is InChI=1S/C14H19ClN2O2.ClH/c1-10-8-11(6-7-16-10)17-14(18)9-19-13-5-3-2-4-12(13)15;/h2-5,10-11,16H,6-9H2,1H3,(H,17,18);1H. The van der Waals surface area contributed by atoms with E-state index in [1.807, 2.05) is 12.1 Å². The van der Waals surface area contributed by atoms with Gasteiger partial charge in [-0.2, -0.15) is 0 Å². The highest BCUT2D eigenvalue weighted by molar-refractivity contribution is 6.32. The second kappa shape index (κ2) is 8.35. The van der Waals surface area contributed by atoms with Crippen LogP contribution in [0.5, 0.6) is 5.75 Å². The second-order valence-electron chi connectivity index (χ2n) is 4.86. The molecular weight excluding hydrogens is 299 g/mol. The van der Waals surface area contributed by atoms with Crippen molar-refractivity contribution in [3.63, 3.8) is 0 Å². The van der Waals surface area contributed by atoms with Gasteiger partial charge in [-0.15, -0.1) is 12.4 Å². The Morgan fingerprint density at radius 1 is 1.50 bits per heavy atom. The summed E-state index contributed by atoms with van der Waals surface area (Å²) in [5.41, 5.74) is 0. The fourth-order valence-corrected chi connectivity index (χ4v) is 2.43. The number of carbonyl (C=O) groups excluding carboxylic acids is 1. The predicted octanol–water partition coefficient (Wildman–Crippen LogP) is 2.40. The zero-order valence-corrected chi connectivity index (χ0v) is 13.0. The highest BCUT2D eigenvalue weighted by atomic mass is 35.5. The molecule has 0 radical (unpaired) electrons. The van der Waals surface area contributed by atoms with Crippen molar-refractivity contribution in [3.8, 4) is 5.75 Å². The summed E-state index contributed by atoms with van der Waals surface area (Å²) in [5.74, 6) is 0.442. The summed E-state index contributed by atoms with van der Waals surface area (Å²) >= 11 is 5.95. The quantitative estimate of drug-likeness (QED) is 0.896. The molecule has 0 aliphatic carbocycles. The van der Waals surface area contributed by atoms with Crippen molar-refractivity contribution in [2.45, 2.75) is 31.8 Å². The lowest BCUT2D eigenvalue weighted by atomic mass is 10.0. The second-order valence-corrected chi connectivity index (χ2v) is 5.27. The van der Waals surface area contributed by atoms with E-state index in [4.69, 9.17) is 16.3 Å². The van der Waals surface area contributed by atoms with Crippen LogP contribution in [-0.4, -0.2) is 31.1 Å². The number of hydrogen-bond donors (Lipinski definition) is 2. The third-order valence-corrected chi connectivity index (χ3v) is 3.50. The summed E-state index contributed by atoms with van der Waals surface area (Å²) in [4.78, 5) is 11.8. The molecule has 0 bridgehead atoms. The van der Waals surface area contributed by atoms with Crippen LogP contribution in [0.3, 0.4) is 0 Å². The first kappa shape index (κ1) is 17.1. The normalized spacial score (nSPS) is 21.7. The molecule has 2 unspecified atom stereocenters. The smallest absolute Gasteiger partial charge is 0.258 e. The van der Waals surface area contributed by atoms with Crippen molar-refractivity contribution in [3.05, 3.63) is 29.3 Å². The lowest BCUT2D eigenvalue weighted by Gasteiger charge is -2.28. The zero-order chi connectivity index (χ0) is 13.7. The lowest BCUT2D eigenvalue weighted by Crippen LogP contribution is -2.47. The largest absolute Gasteiger partial charge is 0.482 e. The maximum atomic E-state index is 11.8. The summed E-state index contributed by atoms with van der Waals surface area (Å²) in [6, 6.07) is 7.83. The molecule has 1 heterocycles. The van der Waals surface area contributed by atoms with Crippen molar-refractivity contribution >= 4 is 29.9 Å². The molecule has 20 heavy (non-hydrogen) atoms. The van der Waals surface area contributed by atoms with E-state index in [-0.39, 0.29) is 31.0 Å². The number of piperidine rings is 1. The number of para-hydroxylation sites is 1. The summed E-state index contributed by atoms with van der Waals surface area (Å²) < 4.78 is 5.41. The Balaban J connectivity index is 0.00000200. The molecule has 2 atom stereocenters. The van der Waals surface area contributed by atoms with E-state index in [1.54, 1.807) is 12.1 Å². The molecule has 1 amide bonds. The van der Waals surface area contributed by atoms with Crippen LogP contribution in [0, 0.1) is 0 Å². The molecule has 2 N–H and O–H groups in total. The van der Waals surface area contributed by atoms with Crippen molar-refractivity contribution in [2.24, 2.45) is 0 Å². The molecule has 1 saturated heterocycles. The molecule has 112 valence electrons. The minimum Gasteiger partial charge on any atom is -0.482 e. The van der Waals surface area contributed by atoms with Gasteiger partial charge in [-0.3, -0.25) is 4.79 Å². The van der Waals surface area contributed by atoms with Gasteiger partial charge in [0.1, 0.15) is 5.75 Å². The Hall–Kier alpha value is -0.970. The number of halogens is 2. The van der Waals surface area contributed by atoms with Crippen LogP contribution < -0.4 is 15.4 Å². The maximum absolute atomic E-state index is 11.8. The highest BCUT2D eigenvalue weighted by Crippen LogP contribution is 2.22. The summed E-state index contributed by atoms with van der Waals surface area (Å²) in [7, 11) is 0. The van der Waals surface area contributed by atoms with E-state index >= 15 is 0 Å². The Kier molecular flexibility index (Phi) is 7.13. The highest BCUT2D eigenvalue weighted by Gasteiger charge is 2.19. The average Bonchev–Trinajstić information content (AvgIpc) is 2.38. The first-order chi connectivity index (χ1) is 9.15. The number of benzene rings is 1. The first-order valence-electron chi connectivity index (χ1n) is 6.55. The molecule has 1 aliphatic rings. The molecule has 6 heteroatoms. The number of rotatable bonds is 4. The van der Waals surface area contributed by atoms with Crippen LogP contribution in [-0.2, 0) is 4.79 Å². The molecular formula is C14H20Cl2N2O2. The minimum atomic E-state index is -0.0981. The monoisotopic (exact) mass is 318 g/mol. The van der Waals surface area contributed by atoms with Crippen LogP contribution in [0.2, 0.25) is 5.02 Å². The summed E-state index contributed by atoms with van der Waals surface area (Å²) in [5, 5.41) is 6.86. The Labute approximate surface area is 130 Å². The van der Waals surface area contributed by atoms with Gasteiger partial charge in [-0.25, -0.2) is 0 Å². The Morgan fingerprint density at radius 3 is 2.95 bits per heavy atom. The zero-order valence-electron chi connectivity index (χ0n) is 11.4. The van der Waals surface area contributed by atoms with Crippen LogP contribution in [0.25, 0.3) is 0 Å². The first-order valence-corrected chi connectivity index (χ1v) is 6.93. The van der Waals surface area contributed by atoms with E-state index in [9.17, 15) is 4.79 Å². The lowest BCUT2D eigenvalue weighted by molar-refractivity contribution is -0.124. The van der Waals surface area contributed by atoms with Crippen molar-refractivity contribution < 1.29 is 9.53 Å². The van der Waals surface area contributed by atoms with Gasteiger partial charge in [0, 0.05) is 12.1 Å². The Morgan fingerprint density at radius 2 is 2.25 bits per heavy atom. The van der Waals surface area contributed by atoms with Crippen molar-refractivity contribution in [1.82, 2.24) is 10.6 Å². The molecule has 0 saturated carbocycles. The van der Waals surface area contributed by atoms with Gasteiger partial charge in [-0.1, -0.05) is 23.7 Å². The van der Waals surface area contributed by atoms with E-state index < -0.39 is 0 Å². The number of carbonyl (C=O) groups is 1. The maximum Gasteiger partial charge on any atom is 0.258 e. The molecule has 1 aromatic rings. The van der Waals surface area contributed by atoms with Crippen LogP contribution in [0.4, 0.5) is 0 Å². The van der Waals surface area contributed by atoms with E-state index in [0.717, 1.165) is 19.4 Å². The topological polar surface area (TPSA) is 50.4 Å². The summed E-state index contributed by atoms with van der Waals surface area (Å²) in [6.07, 6.45) is 1.92. The number of nitrogens with one attached hydrogen (secondary N) is 2. The van der Waals surface area contributed by atoms with Gasteiger partial charge < -0.3 is 15.4 Å². The molecule has 0 spiro atoms. The Bertz CT molecular complexity index is 443. The van der Waals surface area contributed by atoms with Crippen LogP contribution >= 0.6 is 24.0 Å². The van der Waals surface area contributed by atoms with Gasteiger partial charge >= 0.3 is 0 Å². The number of amides is 1. The fourth-order valence-electron chi connectivity index (χ4n) is 2.24. The van der Waals surface area contributed by atoms with Crippen LogP contribution in [0.1, 0.15) is 19.8 Å². The van der Waals surface area contributed by atoms with Gasteiger partial charge in [0.15, 0.2) is 6.61 Å². The SMILES string of the molecule is CC1CC(NC(=O)COc2ccccc2Cl)CCN1.Cl.